The first-order valence-corrected chi connectivity index (χ1v) is 10.2. The van der Waals surface area contributed by atoms with E-state index in [0.717, 1.165) is 24.3 Å². The van der Waals surface area contributed by atoms with Crippen LogP contribution in [0, 0.1) is 10.1 Å². The molecule has 2 amide bonds. The van der Waals surface area contributed by atoms with Gasteiger partial charge in [-0.15, -0.1) is 0 Å². The standard InChI is InChI=1S/C22H22F3N3O7/c1-2-35-17(29)11-16(12-5-9-15(10-6-12)28(33)34)18(20(26)31)27-21(32)19(30)13-3-7-14(8-4-13)22(23,24)25/h3-10,16,18-19,30H,2,11H2,1H3,(H2,26,31)(H,27,32)/t16-,18-,19+/m1/s1. The molecule has 0 aromatic heterocycles. The number of hydrogen-bond acceptors (Lipinski definition) is 7. The van der Waals surface area contributed by atoms with Crippen LogP contribution in [0.15, 0.2) is 48.5 Å². The number of primary amides is 1. The molecule has 2 aromatic carbocycles. The van der Waals surface area contributed by atoms with Gasteiger partial charge in [-0.05, 0) is 30.2 Å². The predicted octanol–water partition coefficient (Wildman–Crippen LogP) is 2.35. The third kappa shape index (κ3) is 7.24. The number of carbonyl (C=O) groups is 3. The third-order valence-corrected chi connectivity index (χ3v) is 5.03. The van der Waals surface area contributed by atoms with E-state index in [1.807, 2.05) is 0 Å². The summed E-state index contributed by atoms with van der Waals surface area (Å²) in [5.74, 6) is -4.13. The number of non-ortho nitro benzene ring substituents is 1. The number of amides is 2. The SMILES string of the molecule is CCOC(=O)C[C@H](c1ccc([N+](=O)[O-])cc1)[C@@H](NC(=O)[C@@H](O)c1ccc(C(F)(F)F)cc1)C(N)=O. The van der Waals surface area contributed by atoms with Gasteiger partial charge in [-0.2, -0.15) is 13.2 Å². The van der Waals surface area contributed by atoms with E-state index in [1.54, 1.807) is 6.92 Å². The topological polar surface area (TPSA) is 162 Å². The molecule has 4 N–H and O–H groups in total. The maximum atomic E-state index is 12.8. The van der Waals surface area contributed by atoms with E-state index in [9.17, 15) is 42.8 Å². The lowest BCUT2D eigenvalue weighted by molar-refractivity contribution is -0.384. The zero-order valence-corrected chi connectivity index (χ0v) is 18.3. The lowest BCUT2D eigenvalue weighted by atomic mass is 9.87. The van der Waals surface area contributed by atoms with Gasteiger partial charge >= 0.3 is 12.1 Å². The number of nitrogens with one attached hydrogen (secondary N) is 1. The van der Waals surface area contributed by atoms with Crippen LogP contribution < -0.4 is 11.1 Å². The summed E-state index contributed by atoms with van der Waals surface area (Å²) in [5, 5.41) is 23.5. The lowest BCUT2D eigenvalue weighted by Crippen LogP contribution is -2.50. The maximum Gasteiger partial charge on any atom is 0.416 e. The molecule has 0 fully saturated rings. The van der Waals surface area contributed by atoms with Crippen molar-refractivity contribution in [1.29, 1.82) is 0 Å². The van der Waals surface area contributed by atoms with Crippen molar-refractivity contribution in [1.82, 2.24) is 5.32 Å². The predicted molar refractivity (Wildman–Crippen MR) is 115 cm³/mol. The van der Waals surface area contributed by atoms with Crippen LogP contribution in [0.25, 0.3) is 0 Å². The molecule has 0 unspecified atom stereocenters. The van der Waals surface area contributed by atoms with Crippen molar-refractivity contribution in [3.05, 3.63) is 75.3 Å². The highest BCUT2D eigenvalue weighted by molar-refractivity contribution is 5.90. The molecule has 0 saturated heterocycles. The van der Waals surface area contributed by atoms with Gasteiger partial charge in [0, 0.05) is 18.1 Å². The van der Waals surface area contributed by atoms with Crippen LogP contribution in [0.2, 0.25) is 0 Å². The number of nitro groups is 1. The van der Waals surface area contributed by atoms with Gasteiger partial charge in [0.15, 0.2) is 6.10 Å². The first-order chi connectivity index (χ1) is 16.3. The molecule has 0 aliphatic heterocycles. The summed E-state index contributed by atoms with van der Waals surface area (Å²) in [5.41, 5.74) is 4.23. The van der Waals surface area contributed by atoms with Gasteiger partial charge in [0.1, 0.15) is 6.04 Å². The number of nitro benzene ring substituents is 1. The van der Waals surface area contributed by atoms with Crippen LogP contribution in [0.1, 0.15) is 42.1 Å². The van der Waals surface area contributed by atoms with Gasteiger partial charge in [-0.25, -0.2) is 0 Å². The second-order valence-corrected chi connectivity index (χ2v) is 7.38. The highest BCUT2D eigenvalue weighted by atomic mass is 19.4. The van der Waals surface area contributed by atoms with Crippen molar-refractivity contribution in [2.24, 2.45) is 5.73 Å². The van der Waals surface area contributed by atoms with Crippen molar-refractivity contribution in [2.45, 2.75) is 37.6 Å². The van der Waals surface area contributed by atoms with E-state index in [2.05, 4.69) is 5.32 Å². The summed E-state index contributed by atoms with van der Waals surface area (Å²) in [6, 6.07) is 6.40. The molecule has 0 bridgehead atoms. The maximum absolute atomic E-state index is 12.8. The summed E-state index contributed by atoms with van der Waals surface area (Å²) in [6.07, 6.45) is -7.02. The van der Waals surface area contributed by atoms with E-state index in [4.69, 9.17) is 10.5 Å². The minimum Gasteiger partial charge on any atom is -0.466 e. The first-order valence-electron chi connectivity index (χ1n) is 10.2. The van der Waals surface area contributed by atoms with Crippen LogP contribution in [0.4, 0.5) is 18.9 Å². The van der Waals surface area contributed by atoms with Crippen molar-refractivity contribution >= 4 is 23.5 Å². The van der Waals surface area contributed by atoms with Gasteiger partial charge < -0.3 is 20.9 Å². The Kier molecular flexibility index (Phi) is 8.89. The molecular formula is C22H22F3N3O7. The molecule has 0 heterocycles. The van der Waals surface area contributed by atoms with Gasteiger partial charge in [0.25, 0.3) is 11.6 Å². The van der Waals surface area contributed by atoms with Crippen molar-refractivity contribution in [3.63, 3.8) is 0 Å². The average Bonchev–Trinajstić information content (AvgIpc) is 2.80. The molecule has 3 atom stereocenters. The smallest absolute Gasteiger partial charge is 0.416 e. The summed E-state index contributed by atoms with van der Waals surface area (Å²) in [7, 11) is 0. The van der Waals surface area contributed by atoms with Crippen LogP contribution in [-0.2, 0) is 25.3 Å². The zero-order chi connectivity index (χ0) is 26.3. The monoisotopic (exact) mass is 497 g/mol. The summed E-state index contributed by atoms with van der Waals surface area (Å²) < 4.78 is 43.1. The van der Waals surface area contributed by atoms with Crippen molar-refractivity contribution in [2.75, 3.05) is 6.61 Å². The number of alkyl halides is 3. The highest BCUT2D eigenvalue weighted by Gasteiger charge is 2.34. The second kappa shape index (κ2) is 11.4. The number of ether oxygens (including phenoxy) is 1. The molecule has 0 saturated carbocycles. The lowest BCUT2D eigenvalue weighted by Gasteiger charge is -2.26. The number of carbonyl (C=O) groups excluding carboxylic acids is 3. The normalized spacial score (nSPS) is 13.9. The fourth-order valence-corrected chi connectivity index (χ4v) is 3.28. The molecule has 0 spiro atoms. The van der Waals surface area contributed by atoms with E-state index in [-0.39, 0.29) is 23.4 Å². The van der Waals surface area contributed by atoms with Crippen molar-refractivity contribution in [3.8, 4) is 0 Å². The number of aliphatic hydroxyl groups excluding tert-OH is 1. The Labute approximate surface area is 197 Å². The Morgan fingerprint density at radius 1 is 1.09 bits per heavy atom. The largest absolute Gasteiger partial charge is 0.466 e. The molecule has 13 heteroatoms. The molecule has 0 aliphatic carbocycles. The van der Waals surface area contributed by atoms with Crippen LogP contribution in [0.5, 0.6) is 0 Å². The molecule has 2 rings (SSSR count). The van der Waals surface area contributed by atoms with Crippen molar-refractivity contribution < 1.29 is 42.3 Å². The zero-order valence-electron chi connectivity index (χ0n) is 18.3. The molecule has 188 valence electrons. The number of hydrogen-bond donors (Lipinski definition) is 3. The molecule has 35 heavy (non-hydrogen) atoms. The Bertz CT molecular complexity index is 1070. The molecule has 0 radical (unpaired) electrons. The molecule has 2 aromatic rings. The van der Waals surface area contributed by atoms with E-state index < -0.39 is 58.9 Å². The van der Waals surface area contributed by atoms with Gasteiger partial charge in [0.05, 0.1) is 23.5 Å². The average molecular weight is 497 g/mol. The minimum atomic E-state index is -4.62. The highest BCUT2D eigenvalue weighted by Crippen LogP contribution is 2.30. The number of rotatable bonds is 10. The number of aliphatic hydroxyl groups is 1. The quantitative estimate of drug-likeness (QED) is 0.258. The van der Waals surface area contributed by atoms with Crippen LogP contribution in [-0.4, -0.2) is 40.5 Å². The minimum absolute atomic E-state index is 0.0199. The number of halogens is 3. The van der Waals surface area contributed by atoms with Crippen LogP contribution in [0.3, 0.4) is 0 Å². The first kappa shape index (κ1) is 27.2. The second-order valence-electron chi connectivity index (χ2n) is 7.38. The number of nitrogens with zero attached hydrogens (tertiary/aromatic N) is 1. The summed E-state index contributed by atoms with van der Waals surface area (Å²) in [4.78, 5) is 47.3. The Hall–Kier alpha value is -4.00. The summed E-state index contributed by atoms with van der Waals surface area (Å²) >= 11 is 0. The van der Waals surface area contributed by atoms with Crippen LogP contribution >= 0.6 is 0 Å². The number of esters is 1. The fourth-order valence-electron chi connectivity index (χ4n) is 3.28. The Balaban J connectivity index is 2.33. The Morgan fingerprint density at radius 2 is 1.63 bits per heavy atom. The van der Waals surface area contributed by atoms with Gasteiger partial charge in [0.2, 0.25) is 5.91 Å². The molecule has 0 aliphatic rings. The third-order valence-electron chi connectivity index (χ3n) is 5.03. The fraction of sp³-hybridized carbons (Fsp3) is 0.318. The van der Waals surface area contributed by atoms with Gasteiger partial charge in [-0.3, -0.25) is 24.5 Å². The Morgan fingerprint density at radius 3 is 2.09 bits per heavy atom. The molecular weight excluding hydrogens is 475 g/mol. The molecule has 10 nitrogen and oxygen atoms in total. The number of nitrogens with two attached hydrogens (primary N) is 1. The van der Waals surface area contributed by atoms with E-state index in [0.29, 0.717) is 12.1 Å². The van der Waals surface area contributed by atoms with E-state index in [1.165, 1.54) is 12.1 Å². The summed E-state index contributed by atoms with van der Waals surface area (Å²) in [6.45, 7) is 1.57. The van der Waals surface area contributed by atoms with Gasteiger partial charge in [-0.1, -0.05) is 24.3 Å². The van der Waals surface area contributed by atoms with E-state index >= 15 is 0 Å². The number of benzene rings is 2.